The first-order valence-corrected chi connectivity index (χ1v) is 8.34. The first-order valence-electron chi connectivity index (χ1n) is 7.96. The van der Waals surface area contributed by atoms with Gasteiger partial charge in [-0.1, -0.05) is 35.9 Å². The number of hydrogen-bond donors (Lipinski definition) is 2. The Morgan fingerprint density at radius 1 is 0.962 bits per heavy atom. The second-order valence-electron chi connectivity index (χ2n) is 5.56. The zero-order valence-corrected chi connectivity index (χ0v) is 14.5. The summed E-state index contributed by atoms with van der Waals surface area (Å²) >= 11 is 6.04. The number of amides is 2. The molecule has 1 aromatic heterocycles. The number of halogens is 1. The Labute approximate surface area is 156 Å². The standard InChI is InChI=1S/C20H16ClN3O2/c21-18-9-2-1-8-17(18)20(26)24-16-7-3-6-15(11-16)19(25)23-13-14-5-4-10-22-12-14/h1-12H,13H2,(H,23,25)(H,24,26). The first kappa shape index (κ1) is 17.6. The number of carbonyl (C=O) groups is 2. The van der Waals surface area contributed by atoms with Crippen molar-refractivity contribution < 1.29 is 9.59 Å². The molecule has 5 nitrogen and oxygen atoms in total. The second kappa shape index (κ2) is 8.27. The van der Waals surface area contributed by atoms with Gasteiger partial charge in [-0.2, -0.15) is 0 Å². The summed E-state index contributed by atoms with van der Waals surface area (Å²) in [6.07, 6.45) is 3.37. The maximum atomic E-state index is 12.3. The molecule has 0 aliphatic rings. The normalized spacial score (nSPS) is 10.2. The molecule has 0 saturated heterocycles. The van der Waals surface area contributed by atoms with E-state index in [1.165, 1.54) is 0 Å². The zero-order valence-electron chi connectivity index (χ0n) is 13.8. The molecule has 0 aliphatic heterocycles. The van der Waals surface area contributed by atoms with Gasteiger partial charge < -0.3 is 10.6 Å². The summed E-state index contributed by atoms with van der Waals surface area (Å²) in [4.78, 5) is 28.6. The highest BCUT2D eigenvalue weighted by Crippen LogP contribution is 2.18. The van der Waals surface area contributed by atoms with Crippen molar-refractivity contribution in [3.05, 3.63) is 94.8 Å². The van der Waals surface area contributed by atoms with Gasteiger partial charge in [0, 0.05) is 30.2 Å². The number of nitrogens with one attached hydrogen (secondary N) is 2. The average molecular weight is 366 g/mol. The van der Waals surface area contributed by atoms with Crippen LogP contribution < -0.4 is 10.6 Å². The van der Waals surface area contributed by atoms with Crippen molar-refractivity contribution in [3.63, 3.8) is 0 Å². The molecule has 0 unspecified atom stereocenters. The van der Waals surface area contributed by atoms with Crippen LogP contribution in [0.15, 0.2) is 73.1 Å². The Hall–Kier alpha value is -3.18. The molecule has 0 aliphatic carbocycles. The van der Waals surface area contributed by atoms with Gasteiger partial charge in [0.1, 0.15) is 0 Å². The van der Waals surface area contributed by atoms with Gasteiger partial charge in [0.15, 0.2) is 0 Å². The van der Waals surface area contributed by atoms with Crippen LogP contribution in [-0.2, 0) is 6.54 Å². The average Bonchev–Trinajstić information content (AvgIpc) is 2.67. The molecule has 0 radical (unpaired) electrons. The largest absolute Gasteiger partial charge is 0.348 e. The van der Waals surface area contributed by atoms with Gasteiger partial charge >= 0.3 is 0 Å². The van der Waals surface area contributed by atoms with E-state index < -0.39 is 0 Å². The smallest absolute Gasteiger partial charge is 0.257 e. The van der Waals surface area contributed by atoms with E-state index in [2.05, 4.69) is 15.6 Å². The predicted molar refractivity (Wildman–Crippen MR) is 101 cm³/mol. The Bertz CT molecular complexity index is 929. The highest BCUT2D eigenvalue weighted by Gasteiger charge is 2.11. The highest BCUT2D eigenvalue weighted by molar-refractivity contribution is 6.34. The summed E-state index contributed by atoms with van der Waals surface area (Å²) in [5.74, 6) is -0.564. The molecule has 0 fully saturated rings. The summed E-state index contributed by atoms with van der Waals surface area (Å²) in [6.45, 7) is 0.378. The molecule has 26 heavy (non-hydrogen) atoms. The van der Waals surface area contributed by atoms with E-state index in [1.54, 1.807) is 60.9 Å². The molecule has 3 aromatic rings. The fraction of sp³-hybridized carbons (Fsp3) is 0.0500. The van der Waals surface area contributed by atoms with Gasteiger partial charge in [-0.05, 0) is 42.0 Å². The Kier molecular flexibility index (Phi) is 5.61. The molecule has 3 rings (SSSR count). The quantitative estimate of drug-likeness (QED) is 0.720. The van der Waals surface area contributed by atoms with Crippen molar-refractivity contribution in [2.75, 3.05) is 5.32 Å². The van der Waals surface area contributed by atoms with E-state index in [0.29, 0.717) is 28.4 Å². The van der Waals surface area contributed by atoms with Crippen molar-refractivity contribution in [2.24, 2.45) is 0 Å². The predicted octanol–water partition coefficient (Wildman–Crippen LogP) is 3.92. The van der Waals surface area contributed by atoms with Gasteiger partial charge in [0.25, 0.3) is 11.8 Å². The number of anilines is 1. The lowest BCUT2D eigenvalue weighted by Crippen LogP contribution is -2.23. The molecule has 0 spiro atoms. The van der Waals surface area contributed by atoms with Crippen LogP contribution in [0.25, 0.3) is 0 Å². The van der Waals surface area contributed by atoms with Gasteiger partial charge in [-0.15, -0.1) is 0 Å². The van der Waals surface area contributed by atoms with Crippen LogP contribution in [0.3, 0.4) is 0 Å². The van der Waals surface area contributed by atoms with Crippen molar-refractivity contribution in [3.8, 4) is 0 Å². The summed E-state index contributed by atoms with van der Waals surface area (Å²) in [6, 6.07) is 17.2. The van der Waals surface area contributed by atoms with Crippen molar-refractivity contribution in [1.29, 1.82) is 0 Å². The van der Waals surface area contributed by atoms with Crippen LogP contribution in [0, 0.1) is 0 Å². The fourth-order valence-electron chi connectivity index (χ4n) is 2.37. The molecule has 2 N–H and O–H groups in total. The number of nitrogens with zero attached hydrogens (tertiary/aromatic N) is 1. The van der Waals surface area contributed by atoms with Crippen molar-refractivity contribution in [1.82, 2.24) is 10.3 Å². The molecular weight excluding hydrogens is 350 g/mol. The Morgan fingerprint density at radius 3 is 2.58 bits per heavy atom. The van der Waals surface area contributed by atoms with Gasteiger partial charge in [-0.25, -0.2) is 0 Å². The molecule has 0 saturated carbocycles. The molecule has 6 heteroatoms. The monoisotopic (exact) mass is 365 g/mol. The summed E-state index contributed by atoms with van der Waals surface area (Å²) in [7, 11) is 0. The van der Waals surface area contributed by atoms with Crippen LogP contribution in [0.5, 0.6) is 0 Å². The molecular formula is C20H16ClN3O2. The van der Waals surface area contributed by atoms with Gasteiger partial charge in [0.2, 0.25) is 0 Å². The van der Waals surface area contributed by atoms with Gasteiger partial charge in [0.05, 0.1) is 10.6 Å². The number of pyridine rings is 1. The van der Waals surface area contributed by atoms with E-state index in [4.69, 9.17) is 11.6 Å². The summed E-state index contributed by atoms with van der Waals surface area (Å²) in [5.41, 5.74) is 2.25. The maximum absolute atomic E-state index is 12.3. The van der Waals surface area contributed by atoms with Crippen molar-refractivity contribution >= 4 is 29.1 Å². The fourth-order valence-corrected chi connectivity index (χ4v) is 2.59. The zero-order chi connectivity index (χ0) is 18.4. The van der Waals surface area contributed by atoms with E-state index in [9.17, 15) is 9.59 Å². The lowest BCUT2D eigenvalue weighted by Gasteiger charge is -2.09. The summed E-state index contributed by atoms with van der Waals surface area (Å²) < 4.78 is 0. The molecule has 2 aromatic carbocycles. The van der Waals surface area contributed by atoms with E-state index in [-0.39, 0.29) is 11.8 Å². The van der Waals surface area contributed by atoms with E-state index in [1.807, 2.05) is 12.1 Å². The minimum absolute atomic E-state index is 0.234. The second-order valence-corrected chi connectivity index (χ2v) is 5.97. The Balaban J connectivity index is 1.67. The maximum Gasteiger partial charge on any atom is 0.257 e. The number of hydrogen-bond acceptors (Lipinski definition) is 3. The minimum Gasteiger partial charge on any atom is -0.348 e. The Morgan fingerprint density at radius 2 is 1.81 bits per heavy atom. The number of aromatic nitrogens is 1. The SMILES string of the molecule is O=C(NCc1cccnc1)c1cccc(NC(=O)c2ccccc2Cl)c1. The highest BCUT2D eigenvalue weighted by atomic mass is 35.5. The summed E-state index contributed by atoms with van der Waals surface area (Å²) in [5, 5.41) is 5.95. The third kappa shape index (κ3) is 4.46. The lowest BCUT2D eigenvalue weighted by molar-refractivity contribution is 0.0949. The lowest BCUT2D eigenvalue weighted by atomic mass is 10.1. The van der Waals surface area contributed by atoms with Crippen LogP contribution in [0.1, 0.15) is 26.3 Å². The van der Waals surface area contributed by atoms with Crippen LogP contribution in [-0.4, -0.2) is 16.8 Å². The third-order valence-corrected chi connectivity index (χ3v) is 4.01. The van der Waals surface area contributed by atoms with Gasteiger partial charge in [-0.3, -0.25) is 14.6 Å². The number of carbonyl (C=O) groups excluding carboxylic acids is 2. The molecule has 2 amide bonds. The molecule has 0 bridgehead atoms. The van der Waals surface area contributed by atoms with Crippen molar-refractivity contribution in [2.45, 2.75) is 6.54 Å². The van der Waals surface area contributed by atoms with Crippen LogP contribution >= 0.6 is 11.6 Å². The van der Waals surface area contributed by atoms with Crippen LogP contribution in [0.2, 0.25) is 5.02 Å². The minimum atomic E-state index is -0.330. The molecule has 1 heterocycles. The van der Waals surface area contributed by atoms with Crippen LogP contribution in [0.4, 0.5) is 5.69 Å². The number of benzene rings is 2. The van der Waals surface area contributed by atoms with E-state index in [0.717, 1.165) is 5.56 Å². The third-order valence-electron chi connectivity index (χ3n) is 3.68. The molecule has 0 atom stereocenters. The topological polar surface area (TPSA) is 71.1 Å². The number of rotatable bonds is 5. The van der Waals surface area contributed by atoms with E-state index >= 15 is 0 Å². The first-order chi connectivity index (χ1) is 12.6. The molecule has 130 valence electrons.